The van der Waals surface area contributed by atoms with Gasteiger partial charge in [-0.1, -0.05) is 69.3 Å². The van der Waals surface area contributed by atoms with E-state index in [0.29, 0.717) is 35.4 Å². The number of carboxylic acid groups (broad SMARTS) is 1. The average molecular weight is 549 g/mol. The first-order chi connectivity index (χ1) is 18.9. The van der Waals surface area contributed by atoms with Gasteiger partial charge in [-0.2, -0.15) is 4.39 Å². The summed E-state index contributed by atoms with van der Waals surface area (Å²) in [6, 6.07) is 13.8. The van der Waals surface area contributed by atoms with E-state index in [1.165, 1.54) is 22.6 Å². The van der Waals surface area contributed by atoms with Gasteiger partial charge in [-0.15, -0.1) is 6.58 Å². The van der Waals surface area contributed by atoms with Crippen LogP contribution in [0.25, 0.3) is 16.8 Å². The lowest BCUT2D eigenvalue weighted by molar-refractivity contribution is -0.151. The molecule has 0 saturated heterocycles. The molecule has 208 valence electrons. The Labute approximate surface area is 230 Å². The van der Waals surface area contributed by atoms with Crippen molar-refractivity contribution in [1.82, 2.24) is 14.4 Å². The maximum absolute atomic E-state index is 15.4. The number of nitrogen functional groups attached to an aromatic ring is 1. The molecule has 0 aliphatic heterocycles. The van der Waals surface area contributed by atoms with E-state index in [-0.39, 0.29) is 17.3 Å². The highest BCUT2D eigenvalue weighted by atomic mass is 19.3. The Morgan fingerprint density at radius 2 is 1.85 bits per heavy atom. The van der Waals surface area contributed by atoms with E-state index in [2.05, 4.69) is 11.6 Å². The van der Waals surface area contributed by atoms with Gasteiger partial charge in [0.05, 0.1) is 11.6 Å². The van der Waals surface area contributed by atoms with E-state index in [1.807, 2.05) is 51.1 Å². The van der Waals surface area contributed by atoms with Gasteiger partial charge in [0.2, 0.25) is 5.95 Å². The molecule has 0 radical (unpaired) electrons. The smallest absolute Gasteiger partial charge is 0.314 e. The minimum Gasteiger partial charge on any atom is -0.481 e. The zero-order chi connectivity index (χ0) is 29.0. The van der Waals surface area contributed by atoms with Crippen LogP contribution >= 0.6 is 0 Å². The number of halogens is 3. The normalized spacial score (nSPS) is 21.1. The molecule has 40 heavy (non-hydrogen) atoms. The number of imidazole rings is 1. The van der Waals surface area contributed by atoms with Crippen molar-refractivity contribution >= 4 is 17.3 Å². The zero-order valence-electron chi connectivity index (χ0n) is 22.5. The first kappa shape index (κ1) is 27.4. The largest absolute Gasteiger partial charge is 0.481 e. The molecule has 6 nitrogen and oxygen atoms in total. The average Bonchev–Trinajstić information content (AvgIpc) is 3.46. The highest BCUT2D eigenvalue weighted by Crippen LogP contribution is 2.61. The van der Waals surface area contributed by atoms with Crippen LogP contribution in [0.4, 0.5) is 19.0 Å². The molecular weight excluding hydrogens is 517 g/mol. The van der Waals surface area contributed by atoms with Crippen molar-refractivity contribution in [1.29, 1.82) is 0 Å². The van der Waals surface area contributed by atoms with Crippen molar-refractivity contribution in [2.24, 2.45) is 10.8 Å². The van der Waals surface area contributed by atoms with Gasteiger partial charge in [0, 0.05) is 23.0 Å². The molecule has 5 rings (SSSR count). The summed E-state index contributed by atoms with van der Waals surface area (Å²) in [7, 11) is 0. The minimum atomic E-state index is -2.55. The molecule has 4 aromatic rings. The lowest BCUT2D eigenvalue weighted by Gasteiger charge is -2.38. The predicted octanol–water partition coefficient (Wildman–Crippen LogP) is 7.37. The molecule has 0 bridgehead atoms. The van der Waals surface area contributed by atoms with E-state index < -0.39 is 35.1 Å². The number of anilines is 1. The number of carboxylic acids is 1. The van der Waals surface area contributed by atoms with Crippen molar-refractivity contribution < 1.29 is 23.1 Å². The van der Waals surface area contributed by atoms with Gasteiger partial charge in [0.1, 0.15) is 22.9 Å². The van der Waals surface area contributed by atoms with Gasteiger partial charge in [-0.05, 0) is 35.4 Å². The standard InChI is InChI=1S/C31H31F3N4O2/c1-5-31(29(39)40)14-13-22(30(31,3)4)28-37-24(25-27(35)36-16-23(32)38(25)28)19-11-9-18(10-12-19)17(2)20-7-6-8-21(15-20)26(33)34/h5-12,15-17,22,26H,1,13-14H2,2-4H3,(H2,35,36)(H,39,40)/t17-,22-,31+/m0/s1. The number of nitrogens with two attached hydrogens (primary N) is 1. The molecule has 3 atom stereocenters. The van der Waals surface area contributed by atoms with E-state index in [4.69, 9.17) is 10.7 Å². The van der Waals surface area contributed by atoms with Crippen molar-refractivity contribution in [3.8, 4) is 11.3 Å². The number of hydrogen-bond donors (Lipinski definition) is 2. The van der Waals surface area contributed by atoms with Gasteiger partial charge in [0.25, 0.3) is 6.43 Å². The fourth-order valence-corrected chi connectivity index (χ4v) is 6.31. The van der Waals surface area contributed by atoms with E-state index in [9.17, 15) is 18.7 Å². The molecule has 1 aliphatic rings. The van der Waals surface area contributed by atoms with Gasteiger partial charge >= 0.3 is 5.97 Å². The van der Waals surface area contributed by atoms with E-state index in [0.717, 1.165) is 17.3 Å². The van der Waals surface area contributed by atoms with Crippen LogP contribution < -0.4 is 5.73 Å². The maximum atomic E-state index is 15.4. The number of hydrogen-bond acceptors (Lipinski definition) is 4. The van der Waals surface area contributed by atoms with Crippen LogP contribution in [0, 0.1) is 16.8 Å². The fourth-order valence-electron chi connectivity index (χ4n) is 6.31. The number of aliphatic carboxylic acids is 1. The van der Waals surface area contributed by atoms with Crippen LogP contribution in [-0.4, -0.2) is 25.4 Å². The molecule has 1 aliphatic carbocycles. The second-order valence-electron chi connectivity index (χ2n) is 11.1. The molecule has 2 heterocycles. The number of aromatic nitrogens is 3. The Kier molecular flexibility index (Phi) is 6.72. The Balaban J connectivity index is 1.59. The van der Waals surface area contributed by atoms with Crippen LogP contribution in [0.2, 0.25) is 0 Å². The van der Waals surface area contributed by atoms with Crippen LogP contribution in [0.15, 0.2) is 67.4 Å². The lowest BCUT2D eigenvalue weighted by Crippen LogP contribution is -2.41. The second kappa shape index (κ2) is 9.80. The number of benzene rings is 2. The summed E-state index contributed by atoms with van der Waals surface area (Å²) < 4.78 is 43.1. The van der Waals surface area contributed by atoms with Crippen molar-refractivity contribution in [2.75, 3.05) is 5.73 Å². The third-order valence-corrected chi connectivity index (χ3v) is 8.91. The summed E-state index contributed by atoms with van der Waals surface area (Å²) in [5.41, 5.74) is 7.29. The molecular formula is C31H31F3N4O2. The lowest BCUT2D eigenvalue weighted by atomic mass is 9.64. The Morgan fingerprint density at radius 3 is 2.45 bits per heavy atom. The molecule has 1 saturated carbocycles. The monoisotopic (exact) mass is 548 g/mol. The van der Waals surface area contributed by atoms with Gasteiger partial charge < -0.3 is 10.8 Å². The summed E-state index contributed by atoms with van der Waals surface area (Å²) >= 11 is 0. The van der Waals surface area contributed by atoms with Gasteiger partial charge in [-0.25, -0.2) is 18.7 Å². The van der Waals surface area contributed by atoms with Gasteiger partial charge in [0.15, 0.2) is 0 Å². The van der Waals surface area contributed by atoms with Crippen molar-refractivity contribution in [3.63, 3.8) is 0 Å². The zero-order valence-corrected chi connectivity index (χ0v) is 22.5. The molecule has 0 unspecified atom stereocenters. The number of rotatable bonds is 7. The summed E-state index contributed by atoms with van der Waals surface area (Å²) in [6.45, 7) is 9.46. The summed E-state index contributed by atoms with van der Waals surface area (Å²) in [5.74, 6) is -1.69. The van der Waals surface area contributed by atoms with Gasteiger partial charge in [-0.3, -0.25) is 9.20 Å². The van der Waals surface area contributed by atoms with Crippen molar-refractivity contribution in [2.45, 2.75) is 51.9 Å². The van der Waals surface area contributed by atoms with Crippen LogP contribution in [0.3, 0.4) is 0 Å². The quantitative estimate of drug-likeness (QED) is 0.235. The highest BCUT2D eigenvalue weighted by molar-refractivity contribution is 5.86. The number of alkyl halides is 2. The number of nitrogens with zero attached hydrogens (tertiary/aromatic N) is 3. The summed E-state index contributed by atoms with van der Waals surface area (Å²) in [5, 5.41) is 10.1. The summed E-state index contributed by atoms with van der Waals surface area (Å²) in [4.78, 5) is 21.3. The first-order valence-electron chi connectivity index (χ1n) is 13.1. The van der Waals surface area contributed by atoms with E-state index in [1.54, 1.807) is 6.07 Å². The topological polar surface area (TPSA) is 93.5 Å². The van der Waals surface area contributed by atoms with E-state index >= 15 is 4.39 Å². The highest BCUT2D eigenvalue weighted by Gasteiger charge is 2.59. The minimum absolute atomic E-state index is 0.0267. The van der Waals surface area contributed by atoms with Crippen molar-refractivity contribution in [3.05, 3.63) is 95.8 Å². The number of carbonyl (C=O) groups is 1. The van der Waals surface area contributed by atoms with Crippen LogP contribution in [0.1, 0.15) is 74.4 Å². The fraction of sp³-hybridized carbons (Fsp3) is 0.323. The molecule has 2 aromatic heterocycles. The molecule has 1 fully saturated rings. The molecule has 0 spiro atoms. The third kappa shape index (κ3) is 4.06. The summed E-state index contributed by atoms with van der Waals surface area (Å²) in [6.07, 6.45) is 0.786. The first-order valence-corrected chi connectivity index (χ1v) is 13.1. The second-order valence-corrected chi connectivity index (χ2v) is 11.1. The molecule has 3 N–H and O–H groups in total. The molecule has 0 amide bonds. The Morgan fingerprint density at radius 1 is 1.18 bits per heavy atom. The number of fused-ring (bicyclic) bond motifs is 1. The SMILES string of the molecule is C=C[C@]1(C(=O)O)CC[C@@H](c2nc(-c3ccc([C@H](C)c4cccc(C(F)F)c4)cc3)c3c(N)ncc(F)n23)C1(C)C. The molecule has 9 heteroatoms. The van der Waals surface area contributed by atoms with Crippen LogP contribution in [0.5, 0.6) is 0 Å². The Bertz CT molecular complexity index is 1610. The molecule has 2 aromatic carbocycles. The predicted molar refractivity (Wildman–Crippen MR) is 148 cm³/mol. The third-order valence-electron chi connectivity index (χ3n) is 8.91. The van der Waals surface area contributed by atoms with Crippen LogP contribution in [-0.2, 0) is 4.79 Å². The Hall–Kier alpha value is -4.14. The maximum Gasteiger partial charge on any atom is 0.314 e.